The number of hydrogen-bond donors (Lipinski definition) is 0. The predicted octanol–water partition coefficient (Wildman–Crippen LogP) is 3.20. The van der Waals surface area contributed by atoms with Crippen molar-refractivity contribution in [1.82, 2.24) is 14.5 Å². The van der Waals surface area contributed by atoms with Crippen LogP contribution in [0, 0.1) is 18.8 Å². The standard InChI is InChI=1S/C20H33N3O2/c1-16-14-21-19(23(16)11-12-25-2)13-17-7-6-10-22(15-17)20(24)18-8-4-3-5-9-18/h14,17-18H,3-13,15H2,1-2H3. The molecule has 0 aromatic carbocycles. The summed E-state index contributed by atoms with van der Waals surface area (Å²) in [6.07, 6.45) is 11.2. The maximum absolute atomic E-state index is 12.9. The van der Waals surface area contributed by atoms with Crippen LogP contribution in [-0.2, 0) is 22.5 Å². The lowest BCUT2D eigenvalue weighted by Crippen LogP contribution is -2.44. The van der Waals surface area contributed by atoms with E-state index < -0.39 is 0 Å². The molecular weight excluding hydrogens is 314 g/mol. The molecule has 1 saturated heterocycles. The average molecular weight is 348 g/mol. The van der Waals surface area contributed by atoms with Crippen LogP contribution < -0.4 is 0 Å². The van der Waals surface area contributed by atoms with Gasteiger partial charge in [-0.05, 0) is 38.5 Å². The summed E-state index contributed by atoms with van der Waals surface area (Å²) in [6.45, 7) is 5.52. The quantitative estimate of drug-likeness (QED) is 0.794. The van der Waals surface area contributed by atoms with E-state index in [2.05, 4.69) is 21.4 Å². The van der Waals surface area contributed by atoms with Gasteiger partial charge in [0.05, 0.1) is 6.61 Å². The predicted molar refractivity (Wildman–Crippen MR) is 98.4 cm³/mol. The van der Waals surface area contributed by atoms with Gasteiger partial charge in [0.1, 0.15) is 5.82 Å². The lowest BCUT2D eigenvalue weighted by Gasteiger charge is -2.36. The number of aromatic nitrogens is 2. The fraction of sp³-hybridized carbons (Fsp3) is 0.800. The lowest BCUT2D eigenvalue weighted by molar-refractivity contribution is -0.138. The van der Waals surface area contributed by atoms with Gasteiger partial charge in [-0.25, -0.2) is 4.98 Å². The number of rotatable bonds is 6. The number of methoxy groups -OCH3 is 1. The van der Waals surface area contributed by atoms with E-state index >= 15 is 0 Å². The van der Waals surface area contributed by atoms with Gasteiger partial charge in [-0.1, -0.05) is 19.3 Å². The second-order valence-electron chi connectivity index (χ2n) is 7.79. The molecule has 0 N–H and O–H groups in total. The van der Waals surface area contributed by atoms with Crippen LogP contribution in [-0.4, -0.2) is 47.2 Å². The van der Waals surface area contributed by atoms with Gasteiger partial charge in [-0.2, -0.15) is 0 Å². The molecule has 1 unspecified atom stereocenters. The van der Waals surface area contributed by atoms with Gasteiger partial charge in [0.25, 0.3) is 0 Å². The molecule has 1 aromatic heterocycles. The Morgan fingerprint density at radius 1 is 1.24 bits per heavy atom. The van der Waals surface area contributed by atoms with Crippen molar-refractivity contribution in [3.8, 4) is 0 Å². The maximum Gasteiger partial charge on any atom is 0.225 e. The number of aryl methyl sites for hydroxylation is 1. The van der Waals surface area contributed by atoms with E-state index in [0.717, 1.165) is 51.1 Å². The highest BCUT2D eigenvalue weighted by Gasteiger charge is 2.30. The number of hydrogen-bond acceptors (Lipinski definition) is 3. The monoisotopic (exact) mass is 347 g/mol. The second kappa shape index (κ2) is 8.84. The minimum atomic E-state index is 0.290. The van der Waals surface area contributed by atoms with Crippen LogP contribution in [0.5, 0.6) is 0 Å². The zero-order valence-electron chi connectivity index (χ0n) is 15.9. The Kier molecular flexibility index (Phi) is 6.51. The number of imidazole rings is 1. The van der Waals surface area contributed by atoms with Gasteiger partial charge < -0.3 is 14.2 Å². The molecule has 1 aromatic rings. The number of amides is 1. The highest BCUT2D eigenvalue weighted by atomic mass is 16.5. The molecule has 0 radical (unpaired) electrons. The van der Waals surface area contributed by atoms with Gasteiger partial charge in [0.15, 0.2) is 0 Å². The van der Waals surface area contributed by atoms with Gasteiger partial charge in [-0.3, -0.25) is 4.79 Å². The van der Waals surface area contributed by atoms with Crippen LogP contribution in [0.1, 0.15) is 56.5 Å². The van der Waals surface area contributed by atoms with Gasteiger partial charge in [0.2, 0.25) is 5.91 Å². The molecule has 5 heteroatoms. The average Bonchev–Trinajstić information content (AvgIpc) is 3.00. The topological polar surface area (TPSA) is 47.4 Å². The Bertz CT molecular complexity index is 563. The number of likely N-dealkylation sites (tertiary alicyclic amines) is 1. The van der Waals surface area contributed by atoms with E-state index in [0.29, 0.717) is 24.3 Å². The van der Waals surface area contributed by atoms with Crippen molar-refractivity contribution < 1.29 is 9.53 Å². The van der Waals surface area contributed by atoms with Crippen LogP contribution in [0.15, 0.2) is 6.20 Å². The summed E-state index contributed by atoms with van der Waals surface area (Å²) >= 11 is 0. The summed E-state index contributed by atoms with van der Waals surface area (Å²) in [5.41, 5.74) is 1.19. The summed E-state index contributed by atoms with van der Waals surface area (Å²) < 4.78 is 7.50. The molecule has 2 aliphatic rings. The molecule has 0 bridgehead atoms. The number of nitrogens with zero attached hydrogens (tertiary/aromatic N) is 3. The summed E-state index contributed by atoms with van der Waals surface area (Å²) in [6, 6.07) is 0. The van der Waals surface area contributed by atoms with E-state index in [9.17, 15) is 4.79 Å². The zero-order valence-corrected chi connectivity index (χ0v) is 15.9. The number of ether oxygens (including phenoxy) is 1. The van der Waals surface area contributed by atoms with Crippen molar-refractivity contribution >= 4 is 5.91 Å². The van der Waals surface area contributed by atoms with Crippen molar-refractivity contribution in [3.05, 3.63) is 17.7 Å². The van der Waals surface area contributed by atoms with Crippen molar-refractivity contribution in [3.63, 3.8) is 0 Å². The molecule has 1 atom stereocenters. The Balaban J connectivity index is 1.59. The summed E-state index contributed by atoms with van der Waals surface area (Å²) in [5, 5.41) is 0. The third-order valence-corrected chi connectivity index (χ3v) is 5.91. The maximum atomic E-state index is 12.9. The molecule has 1 aliphatic heterocycles. The van der Waals surface area contributed by atoms with Crippen LogP contribution in [0.4, 0.5) is 0 Å². The summed E-state index contributed by atoms with van der Waals surface area (Å²) in [7, 11) is 1.74. The molecule has 2 heterocycles. The van der Waals surface area contributed by atoms with Gasteiger partial charge in [-0.15, -0.1) is 0 Å². The fourth-order valence-electron chi connectivity index (χ4n) is 4.46. The third kappa shape index (κ3) is 4.63. The number of carbonyl (C=O) groups excluding carboxylic acids is 1. The van der Waals surface area contributed by atoms with Crippen molar-refractivity contribution in [1.29, 1.82) is 0 Å². The highest BCUT2D eigenvalue weighted by Crippen LogP contribution is 2.28. The van der Waals surface area contributed by atoms with Gasteiger partial charge in [0, 0.05) is 51.0 Å². The smallest absolute Gasteiger partial charge is 0.225 e. The van der Waals surface area contributed by atoms with Gasteiger partial charge >= 0.3 is 0 Å². The largest absolute Gasteiger partial charge is 0.383 e. The molecule has 1 aliphatic carbocycles. The van der Waals surface area contributed by atoms with E-state index in [1.807, 2.05) is 6.20 Å². The number of piperidine rings is 1. The molecule has 140 valence electrons. The Labute approximate surface area is 151 Å². The minimum Gasteiger partial charge on any atom is -0.383 e. The summed E-state index contributed by atoms with van der Waals surface area (Å²) in [4.78, 5) is 19.6. The first-order chi connectivity index (χ1) is 12.2. The third-order valence-electron chi connectivity index (χ3n) is 5.91. The van der Waals surface area contributed by atoms with Crippen LogP contribution in [0.3, 0.4) is 0 Å². The highest BCUT2D eigenvalue weighted by molar-refractivity contribution is 5.79. The molecule has 25 heavy (non-hydrogen) atoms. The first-order valence-electron chi connectivity index (χ1n) is 9.97. The van der Waals surface area contributed by atoms with Crippen LogP contribution in [0.25, 0.3) is 0 Å². The Morgan fingerprint density at radius 2 is 2.04 bits per heavy atom. The fourth-order valence-corrected chi connectivity index (χ4v) is 4.46. The zero-order chi connectivity index (χ0) is 17.6. The van der Waals surface area contributed by atoms with Crippen molar-refractivity contribution in [2.24, 2.45) is 11.8 Å². The Hall–Kier alpha value is -1.36. The molecular formula is C20H33N3O2. The molecule has 1 saturated carbocycles. The van der Waals surface area contributed by atoms with E-state index in [1.54, 1.807) is 7.11 Å². The van der Waals surface area contributed by atoms with E-state index in [4.69, 9.17) is 4.74 Å². The SMILES string of the molecule is COCCn1c(C)cnc1CC1CCCN(C(=O)C2CCCCC2)C1. The summed E-state index contributed by atoms with van der Waals surface area (Å²) in [5.74, 6) is 2.39. The van der Waals surface area contributed by atoms with E-state index in [-0.39, 0.29) is 0 Å². The first-order valence-corrected chi connectivity index (χ1v) is 9.97. The minimum absolute atomic E-state index is 0.290. The van der Waals surface area contributed by atoms with Crippen molar-refractivity contribution in [2.45, 2.75) is 64.8 Å². The molecule has 5 nitrogen and oxygen atoms in total. The number of carbonyl (C=O) groups is 1. The normalized spacial score (nSPS) is 22.3. The molecule has 3 rings (SSSR count). The van der Waals surface area contributed by atoms with Crippen LogP contribution >= 0.6 is 0 Å². The van der Waals surface area contributed by atoms with E-state index in [1.165, 1.54) is 31.4 Å². The molecule has 0 spiro atoms. The second-order valence-corrected chi connectivity index (χ2v) is 7.79. The van der Waals surface area contributed by atoms with Crippen molar-refractivity contribution in [2.75, 3.05) is 26.8 Å². The Morgan fingerprint density at radius 3 is 2.80 bits per heavy atom. The first kappa shape index (κ1) is 18.4. The lowest BCUT2D eigenvalue weighted by atomic mass is 9.87. The van der Waals surface area contributed by atoms with Crippen LogP contribution in [0.2, 0.25) is 0 Å². The molecule has 1 amide bonds. The molecule has 2 fully saturated rings.